The van der Waals surface area contributed by atoms with Gasteiger partial charge in [-0.3, -0.25) is 14.9 Å². The van der Waals surface area contributed by atoms with Crippen molar-refractivity contribution >= 4 is 34.0 Å². The SMILES string of the molecule is COc1ccc(C(=O)O[C@@H](C)C(=O)Nc2ccccc2[N+](=O)[O-])c2ccccc12. The largest absolute Gasteiger partial charge is 0.496 e. The Morgan fingerprint density at radius 1 is 1.00 bits per heavy atom. The van der Waals surface area contributed by atoms with Gasteiger partial charge in [-0.1, -0.05) is 36.4 Å². The summed E-state index contributed by atoms with van der Waals surface area (Å²) in [6.07, 6.45) is -1.16. The number of anilines is 1. The van der Waals surface area contributed by atoms with Gasteiger partial charge >= 0.3 is 5.97 Å². The Morgan fingerprint density at radius 3 is 2.34 bits per heavy atom. The third-order valence-corrected chi connectivity index (χ3v) is 4.34. The maximum atomic E-state index is 12.6. The van der Waals surface area contributed by atoms with Crippen LogP contribution >= 0.6 is 0 Å². The lowest BCUT2D eigenvalue weighted by atomic mass is 10.0. The number of para-hydroxylation sites is 2. The van der Waals surface area contributed by atoms with Crippen LogP contribution in [0.1, 0.15) is 17.3 Å². The van der Waals surface area contributed by atoms with Crippen LogP contribution in [0.25, 0.3) is 10.8 Å². The Labute approximate surface area is 166 Å². The predicted octanol–water partition coefficient (Wildman–Crippen LogP) is 3.94. The molecule has 1 N–H and O–H groups in total. The van der Waals surface area contributed by atoms with Crippen molar-refractivity contribution in [3.63, 3.8) is 0 Å². The van der Waals surface area contributed by atoms with Crippen molar-refractivity contribution < 1.29 is 24.0 Å². The topological polar surface area (TPSA) is 108 Å². The molecule has 1 amide bonds. The first-order valence-corrected chi connectivity index (χ1v) is 8.73. The van der Waals surface area contributed by atoms with Crippen LogP contribution in [0.3, 0.4) is 0 Å². The number of fused-ring (bicyclic) bond motifs is 1. The van der Waals surface area contributed by atoms with Gasteiger partial charge in [0.25, 0.3) is 11.6 Å². The van der Waals surface area contributed by atoms with Gasteiger partial charge in [0.2, 0.25) is 0 Å². The number of carbonyl (C=O) groups excluding carboxylic acids is 2. The van der Waals surface area contributed by atoms with Gasteiger partial charge in [0.15, 0.2) is 6.10 Å². The van der Waals surface area contributed by atoms with Gasteiger partial charge in [-0.2, -0.15) is 0 Å². The van der Waals surface area contributed by atoms with E-state index in [1.165, 1.54) is 32.2 Å². The first kappa shape index (κ1) is 19.8. The first-order chi connectivity index (χ1) is 13.9. The lowest BCUT2D eigenvalue weighted by Gasteiger charge is -2.15. The van der Waals surface area contributed by atoms with Crippen molar-refractivity contribution in [1.82, 2.24) is 0 Å². The minimum absolute atomic E-state index is 0.0281. The fourth-order valence-electron chi connectivity index (χ4n) is 2.88. The van der Waals surface area contributed by atoms with Crippen LogP contribution in [0.15, 0.2) is 60.7 Å². The summed E-state index contributed by atoms with van der Waals surface area (Å²) < 4.78 is 10.6. The van der Waals surface area contributed by atoms with Crippen LogP contribution in [0.2, 0.25) is 0 Å². The van der Waals surface area contributed by atoms with E-state index in [1.807, 2.05) is 12.1 Å². The Balaban J connectivity index is 1.79. The van der Waals surface area contributed by atoms with E-state index in [1.54, 1.807) is 30.3 Å². The van der Waals surface area contributed by atoms with Crippen molar-refractivity contribution in [3.05, 3.63) is 76.3 Å². The zero-order chi connectivity index (χ0) is 21.0. The molecule has 0 spiro atoms. The maximum absolute atomic E-state index is 12.6. The number of nitro benzene ring substituents is 1. The molecule has 3 aromatic carbocycles. The number of methoxy groups -OCH3 is 1. The molecule has 0 bridgehead atoms. The van der Waals surface area contributed by atoms with E-state index in [0.717, 1.165) is 5.39 Å². The van der Waals surface area contributed by atoms with Crippen molar-refractivity contribution in [3.8, 4) is 5.75 Å². The number of nitrogens with one attached hydrogen (secondary N) is 1. The summed E-state index contributed by atoms with van der Waals surface area (Å²) in [4.78, 5) is 35.5. The number of ether oxygens (including phenoxy) is 2. The van der Waals surface area contributed by atoms with E-state index in [-0.39, 0.29) is 16.9 Å². The number of hydrogen-bond acceptors (Lipinski definition) is 6. The monoisotopic (exact) mass is 394 g/mol. The quantitative estimate of drug-likeness (QED) is 0.385. The molecule has 29 heavy (non-hydrogen) atoms. The zero-order valence-corrected chi connectivity index (χ0v) is 15.7. The van der Waals surface area contributed by atoms with Gasteiger partial charge in [0, 0.05) is 11.5 Å². The fourth-order valence-corrected chi connectivity index (χ4v) is 2.88. The number of nitrogens with zero attached hydrogens (tertiary/aromatic N) is 1. The van der Waals surface area contributed by atoms with Crippen LogP contribution in [0.4, 0.5) is 11.4 Å². The second-order valence-corrected chi connectivity index (χ2v) is 6.17. The molecule has 148 valence electrons. The van der Waals surface area contributed by atoms with Gasteiger partial charge < -0.3 is 14.8 Å². The van der Waals surface area contributed by atoms with E-state index in [0.29, 0.717) is 11.1 Å². The molecule has 0 aliphatic rings. The van der Waals surface area contributed by atoms with E-state index in [4.69, 9.17) is 9.47 Å². The summed E-state index contributed by atoms with van der Waals surface area (Å²) in [6, 6.07) is 16.1. The summed E-state index contributed by atoms with van der Waals surface area (Å²) in [5.41, 5.74) is 0.0626. The first-order valence-electron chi connectivity index (χ1n) is 8.73. The molecule has 0 aliphatic carbocycles. The highest BCUT2D eigenvalue weighted by molar-refractivity contribution is 6.07. The highest BCUT2D eigenvalue weighted by Gasteiger charge is 2.23. The zero-order valence-electron chi connectivity index (χ0n) is 15.7. The summed E-state index contributed by atoms with van der Waals surface area (Å²) in [5, 5.41) is 14.9. The second kappa shape index (κ2) is 8.39. The molecule has 0 unspecified atom stereocenters. The number of rotatable bonds is 6. The van der Waals surface area contributed by atoms with Gasteiger partial charge in [0.1, 0.15) is 11.4 Å². The predicted molar refractivity (Wildman–Crippen MR) is 107 cm³/mol. The van der Waals surface area contributed by atoms with Crippen LogP contribution in [0.5, 0.6) is 5.75 Å². The van der Waals surface area contributed by atoms with E-state index < -0.39 is 22.9 Å². The molecule has 0 radical (unpaired) electrons. The van der Waals surface area contributed by atoms with Crippen LogP contribution in [-0.4, -0.2) is 30.0 Å². The van der Waals surface area contributed by atoms with E-state index >= 15 is 0 Å². The number of amides is 1. The maximum Gasteiger partial charge on any atom is 0.339 e. The molecular formula is C21H18N2O6. The molecule has 0 heterocycles. The molecule has 0 saturated carbocycles. The highest BCUT2D eigenvalue weighted by atomic mass is 16.6. The van der Waals surface area contributed by atoms with Crippen molar-refractivity contribution in [2.24, 2.45) is 0 Å². The highest BCUT2D eigenvalue weighted by Crippen LogP contribution is 2.29. The molecule has 0 fully saturated rings. The van der Waals surface area contributed by atoms with Crippen molar-refractivity contribution in [2.75, 3.05) is 12.4 Å². The number of carbonyl (C=O) groups is 2. The normalized spacial score (nSPS) is 11.5. The molecule has 0 aliphatic heterocycles. The number of hydrogen-bond donors (Lipinski definition) is 1. The van der Waals surface area contributed by atoms with Gasteiger partial charge in [0.05, 0.1) is 17.6 Å². The Bertz CT molecular complexity index is 1100. The minimum atomic E-state index is -1.16. The number of esters is 1. The summed E-state index contributed by atoms with van der Waals surface area (Å²) in [7, 11) is 1.54. The van der Waals surface area contributed by atoms with Gasteiger partial charge in [-0.25, -0.2) is 4.79 Å². The number of benzene rings is 3. The lowest BCUT2D eigenvalue weighted by molar-refractivity contribution is -0.383. The smallest absolute Gasteiger partial charge is 0.339 e. The average Bonchev–Trinajstić information content (AvgIpc) is 2.72. The molecule has 8 heteroatoms. The van der Waals surface area contributed by atoms with Crippen LogP contribution < -0.4 is 10.1 Å². The lowest BCUT2D eigenvalue weighted by Crippen LogP contribution is -2.30. The summed E-state index contributed by atoms with van der Waals surface area (Å²) in [5.74, 6) is -0.751. The Morgan fingerprint density at radius 2 is 1.66 bits per heavy atom. The van der Waals surface area contributed by atoms with E-state index in [2.05, 4.69) is 5.32 Å². The summed E-state index contributed by atoms with van der Waals surface area (Å²) >= 11 is 0. The van der Waals surface area contributed by atoms with Crippen molar-refractivity contribution in [2.45, 2.75) is 13.0 Å². The molecule has 3 aromatic rings. The molecule has 1 atom stereocenters. The molecule has 3 rings (SSSR count). The number of nitro groups is 1. The molecule has 8 nitrogen and oxygen atoms in total. The van der Waals surface area contributed by atoms with Crippen LogP contribution in [0, 0.1) is 10.1 Å². The molecular weight excluding hydrogens is 376 g/mol. The van der Waals surface area contributed by atoms with Crippen LogP contribution in [-0.2, 0) is 9.53 Å². The van der Waals surface area contributed by atoms with Crippen molar-refractivity contribution in [1.29, 1.82) is 0 Å². The fraction of sp³-hybridized carbons (Fsp3) is 0.143. The van der Waals surface area contributed by atoms with E-state index in [9.17, 15) is 19.7 Å². The molecule has 0 saturated heterocycles. The average molecular weight is 394 g/mol. The van der Waals surface area contributed by atoms with Gasteiger partial charge in [-0.15, -0.1) is 0 Å². The second-order valence-electron chi connectivity index (χ2n) is 6.17. The Kier molecular flexibility index (Phi) is 5.73. The summed E-state index contributed by atoms with van der Waals surface area (Å²) in [6.45, 7) is 1.40. The third-order valence-electron chi connectivity index (χ3n) is 4.34. The molecule has 0 aromatic heterocycles. The Hall–Kier alpha value is -3.94. The standard InChI is InChI=1S/C21H18N2O6/c1-13(20(24)22-17-9-5-6-10-18(17)23(26)27)29-21(25)16-11-12-19(28-2)15-8-4-3-7-14(15)16/h3-13H,1-2H3,(H,22,24)/t13-/m0/s1. The minimum Gasteiger partial charge on any atom is -0.496 e. The third kappa shape index (κ3) is 4.16. The van der Waals surface area contributed by atoms with Gasteiger partial charge in [-0.05, 0) is 30.5 Å².